The number of rotatable bonds is 7. The second-order valence-corrected chi connectivity index (χ2v) is 9.88. The van der Waals surface area contributed by atoms with Crippen molar-refractivity contribution >= 4 is 26.9 Å². The molecule has 3 aromatic rings. The summed E-state index contributed by atoms with van der Waals surface area (Å²) in [6, 6.07) is 14.5. The largest absolute Gasteiger partial charge is 0.489 e. The molecule has 1 aliphatic rings. The Kier molecular flexibility index (Phi) is 6.82. The van der Waals surface area contributed by atoms with Crippen LogP contribution in [0.4, 0.5) is 0 Å². The highest BCUT2D eigenvalue weighted by Gasteiger charge is 2.48. The normalized spacial score (nSPS) is 20.7. The van der Waals surface area contributed by atoms with Gasteiger partial charge in [0.1, 0.15) is 12.4 Å². The standard InChI is InChI=1S/C23H26N4O6S/c1-15-12-16(19-4-2-3-5-20(19)26-15)13-32-17-6-8-18(9-7-17)34(30,31)27-21-10-11-25-14-23(21,29)22(28)33-24/h2-9,12,21,25,27,29H,10-11,13-14,24H2,1H3/t21-,23-/m1/s1. The van der Waals surface area contributed by atoms with Gasteiger partial charge in [0.15, 0.2) is 5.60 Å². The van der Waals surface area contributed by atoms with E-state index in [0.717, 1.165) is 22.2 Å². The van der Waals surface area contributed by atoms with Gasteiger partial charge in [0, 0.05) is 23.2 Å². The molecule has 180 valence electrons. The summed E-state index contributed by atoms with van der Waals surface area (Å²) < 4.78 is 34.1. The van der Waals surface area contributed by atoms with Crippen LogP contribution in [0.25, 0.3) is 10.9 Å². The second-order valence-electron chi connectivity index (χ2n) is 8.17. The third-order valence-corrected chi connectivity index (χ3v) is 7.28. The summed E-state index contributed by atoms with van der Waals surface area (Å²) in [6.07, 6.45) is 0.172. The number of hydrogen-bond acceptors (Lipinski definition) is 9. The van der Waals surface area contributed by atoms with Crippen molar-refractivity contribution in [3.8, 4) is 5.75 Å². The highest BCUT2D eigenvalue weighted by molar-refractivity contribution is 7.89. The Bertz CT molecular complexity index is 1300. The number of nitrogens with two attached hydrogens (primary N) is 1. The fraction of sp³-hybridized carbons (Fsp3) is 0.304. The highest BCUT2D eigenvalue weighted by atomic mass is 32.2. The number of aryl methyl sites for hydroxylation is 1. The number of piperidine rings is 1. The van der Waals surface area contributed by atoms with Crippen molar-refractivity contribution < 1.29 is 27.9 Å². The number of ether oxygens (including phenoxy) is 1. The van der Waals surface area contributed by atoms with Gasteiger partial charge in [-0.15, -0.1) is 0 Å². The summed E-state index contributed by atoms with van der Waals surface area (Å²) in [6.45, 7) is 2.42. The van der Waals surface area contributed by atoms with E-state index in [4.69, 9.17) is 10.6 Å². The Labute approximate surface area is 197 Å². The van der Waals surface area contributed by atoms with E-state index in [2.05, 4.69) is 19.9 Å². The molecule has 1 fully saturated rings. The van der Waals surface area contributed by atoms with Crippen molar-refractivity contribution in [2.24, 2.45) is 5.90 Å². The summed E-state index contributed by atoms with van der Waals surface area (Å²) in [5, 5.41) is 14.5. The van der Waals surface area contributed by atoms with Gasteiger partial charge in [0.05, 0.1) is 16.5 Å². The number of nitrogens with one attached hydrogen (secondary N) is 2. The first kappa shape index (κ1) is 24.0. The lowest BCUT2D eigenvalue weighted by Gasteiger charge is -2.37. The van der Waals surface area contributed by atoms with Crippen LogP contribution in [0, 0.1) is 6.92 Å². The molecule has 2 aromatic carbocycles. The number of carbonyl (C=O) groups is 1. The maximum absolute atomic E-state index is 12.9. The molecule has 1 saturated heterocycles. The average Bonchev–Trinajstić information content (AvgIpc) is 2.83. The summed E-state index contributed by atoms with van der Waals surface area (Å²) >= 11 is 0. The topological polar surface area (TPSA) is 153 Å². The lowest BCUT2D eigenvalue weighted by molar-refractivity contribution is -0.170. The van der Waals surface area contributed by atoms with E-state index in [1.54, 1.807) is 12.1 Å². The summed E-state index contributed by atoms with van der Waals surface area (Å²) in [7, 11) is -4.04. The Balaban J connectivity index is 1.47. The van der Waals surface area contributed by atoms with Gasteiger partial charge >= 0.3 is 5.97 Å². The number of pyridine rings is 1. The molecule has 2 atom stereocenters. The van der Waals surface area contributed by atoms with Gasteiger partial charge < -0.3 is 20.0 Å². The fourth-order valence-electron chi connectivity index (χ4n) is 4.01. The van der Waals surface area contributed by atoms with Gasteiger partial charge in [0.2, 0.25) is 10.0 Å². The number of benzene rings is 2. The number of aromatic nitrogens is 1. The van der Waals surface area contributed by atoms with Crippen LogP contribution in [0.3, 0.4) is 0 Å². The monoisotopic (exact) mass is 486 g/mol. The minimum atomic E-state index is -4.04. The molecule has 0 radical (unpaired) electrons. The molecular weight excluding hydrogens is 460 g/mol. The van der Waals surface area contributed by atoms with Crippen LogP contribution >= 0.6 is 0 Å². The molecule has 0 saturated carbocycles. The Morgan fingerprint density at radius 1 is 1.26 bits per heavy atom. The predicted molar refractivity (Wildman–Crippen MR) is 124 cm³/mol. The minimum Gasteiger partial charge on any atom is -0.489 e. The molecule has 10 nitrogen and oxygen atoms in total. The molecular formula is C23H26N4O6S. The van der Waals surface area contributed by atoms with Crippen LogP contribution in [0.15, 0.2) is 59.5 Å². The third kappa shape index (κ3) is 4.88. The molecule has 5 N–H and O–H groups in total. The van der Waals surface area contributed by atoms with E-state index in [1.165, 1.54) is 12.1 Å². The molecule has 0 aliphatic carbocycles. The van der Waals surface area contributed by atoms with E-state index in [9.17, 15) is 18.3 Å². The fourth-order valence-corrected chi connectivity index (χ4v) is 5.32. The molecule has 0 amide bonds. The van der Waals surface area contributed by atoms with E-state index in [1.807, 2.05) is 37.3 Å². The summed E-state index contributed by atoms with van der Waals surface area (Å²) in [5.41, 5.74) is 0.610. The minimum absolute atomic E-state index is 0.0351. The quantitative estimate of drug-likeness (QED) is 0.357. The van der Waals surface area contributed by atoms with Crippen LogP contribution in [0.5, 0.6) is 5.75 Å². The van der Waals surface area contributed by atoms with E-state index >= 15 is 0 Å². The van der Waals surface area contributed by atoms with Crippen molar-refractivity contribution in [3.63, 3.8) is 0 Å². The summed E-state index contributed by atoms with van der Waals surface area (Å²) in [5.74, 6) is 4.29. The third-order valence-electron chi connectivity index (χ3n) is 5.80. The van der Waals surface area contributed by atoms with Crippen LogP contribution in [0.1, 0.15) is 17.7 Å². The zero-order valence-electron chi connectivity index (χ0n) is 18.5. The molecule has 34 heavy (non-hydrogen) atoms. The summed E-state index contributed by atoms with van der Waals surface area (Å²) in [4.78, 5) is 20.6. The van der Waals surface area contributed by atoms with E-state index in [-0.39, 0.29) is 24.5 Å². The molecule has 4 rings (SSSR count). The van der Waals surface area contributed by atoms with Crippen molar-refractivity contribution in [2.75, 3.05) is 13.1 Å². The average molecular weight is 487 g/mol. The number of carbonyl (C=O) groups excluding carboxylic acids is 1. The first-order valence-corrected chi connectivity index (χ1v) is 12.2. The number of nitrogens with zero attached hydrogens (tertiary/aromatic N) is 1. The maximum atomic E-state index is 12.9. The van der Waals surface area contributed by atoms with Gasteiger partial charge in [-0.25, -0.2) is 17.9 Å². The van der Waals surface area contributed by atoms with Crippen molar-refractivity contribution in [3.05, 3.63) is 65.9 Å². The first-order valence-electron chi connectivity index (χ1n) is 10.7. The number of para-hydroxylation sites is 1. The van der Waals surface area contributed by atoms with Crippen molar-refractivity contribution in [1.29, 1.82) is 0 Å². The molecule has 11 heteroatoms. The second kappa shape index (κ2) is 9.65. The van der Waals surface area contributed by atoms with Crippen LogP contribution in [0.2, 0.25) is 0 Å². The van der Waals surface area contributed by atoms with Gasteiger partial charge in [-0.2, -0.15) is 5.90 Å². The molecule has 0 bridgehead atoms. The number of fused-ring (bicyclic) bond motifs is 1. The molecule has 0 unspecified atom stereocenters. The number of hydrogen-bond donors (Lipinski definition) is 4. The van der Waals surface area contributed by atoms with E-state index in [0.29, 0.717) is 12.3 Å². The molecule has 0 spiro atoms. The van der Waals surface area contributed by atoms with Crippen molar-refractivity contribution in [1.82, 2.24) is 15.0 Å². The van der Waals surface area contributed by atoms with Crippen molar-refractivity contribution in [2.45, 2.75) is 36.5 Å². The Morgan fingerprint density at radius 3 is 2.74 bits per heavy atom. The van der Waals surface area contributed by atoms with Gasteiger partial charge in [-0.3, -0.25) is 4.98 Å². The van der Waals surface area contributed by atoms with Gasteiger partial charge in [0.25, 0.3) is 0 Å². The zero-order chi connectivity index (χ0) is 24.3. The zero-order valence-corrected chi connectivity index (χ0v) is 19.3. The number of sulfonamides is 1. The Hall–Kier alpha value is -3.09. The Morgan fingerprint density at radius 2 is 2.00 bits per heavy atom. The number of β-amino-alcohol motifs (C(OH)–C–C–N with tert-alkyl or cyclic N) is 1. The molecule has 1 aliphatic heterocycles. The maximum Gasteiger partial charge on any atom is 0.359 e. The van der Waals surface area contributed by atoms with Crippen LogP contribution in [-0.2, 0) is 26.3 Å². The lowest BCUT2D eigenvalue weighted by Crippen LogP contribution is -2.66. The lowest BCUT2D eigenvalue weighted by atomic mass is 9.89. The van der Waals surface area contributed by atoms with E-state index < -0.39 is 27.6 Å². The smallest absolute Gasteiger partial charge is 0.359 e. The van der Waals surface area contributed by atoms with Crippen LogP contribution < -0.4 is 20.7 Å². The highest BCUT2D eigenvalue weighted by Crippen LogP contribution is 2.24. The van der Waals surface area contributed by atoms with Gasteiger partial charge in [-0.1, -0.05) is 18.2 Å². The molecule has 1 aromatic heterocycles. The predicted octanol–water partition coefficient (Wildman–Crippen LogP) is 0.910. The number of aliphatic hydroxyl groups is 1. The van der Waals surface area contributed by atoms with Gasteiger partial charge in [-0.05, 0) is 56.3 Å². The first-order chi connectivity index (χ1) is 16.2. The molecule has 2 heterocycles. The van der Waals surface area contributed by atoms with Crippen LogP contribution in [-0.4, -0.2) is 49.2 Å². The SMILES string of the molecule is Cc1cc(COc2ccc(S(=O)(=O)N[C@@H]3CCNC[C@]3(O)C(=O)ON)cc2)c2ccccc2n1.